The number of benzene rings is 3. The molecule has 6 heteroatoms. The van der Waals surface area contributed by atoms with Crippen LogP contribution in [0, 0.1) is 12.7 Å². The molecular formula is C29H30FNO4. The zero-order valence-electron chi connectivity index (χ0n) is 20.3. The first-order valence-corrected chi connectivity index (χ1v) is 11.8. The number of carbonyl (C=O) groups excluding carboxylic acids is 1. The van der Waals surface area contributed by atoms with Gasteiger partial charge in [0.2, 0.25) is 0 Å². The van der Waals surface area contributed by atoms with E-state index < -0.39 is 11.6 Å². The number of halogens is 1. The second-order valence-corrected chi connectivity index (χ2v) is 9.63. The van der Waals surface area contributed by atoms with Crippen LogP contribution in [0.25, 0.3) is 11.1 Å². The Kier molecular flexibility index (Phi) is 6.92. The fourth-order valence-corrected chi connectivity index (χ4v) is 4.44. The molecule has 1 unspecified atom stereocenters. The summed E-state index contributed by atoms with van der Waals surface area (Å²) in [4.78, 5) is 26.7. The van der Waals surface area contributed by atoms with E-state index in [1.807, 2.05) is 47.4 Å². The van der Waals surface area contributed by atoms with Gasteiger partial charge in [-0.25, -0.2) is 9.18 Å². The Labute approximate surface area is 205 Å². The molecule has 35 heavy (non-hydrogen) atoms. The number of likely N-dealkylation sites (tertiary alicyclic amines) is 1. The second-order valence-electron chi connectivity index (χ2n) is 9.63. The number of rotatable bonds is 6. The van der Waals surface area contributed by atoms with Crippen molar-refractivity contribution in [1.29, 1.82) is 0 Å². The predicted molar refractivity (Wildman–Crippen MR) is 133 cm³/mol. The van der Waals surface area contributed by atoms with E-state index in [1.54, 1.807) is 25.1 Å². The van der Waals surface area contributed by atoms with Crippen molar-refractivity contribution in [2.75, 3.05) is 13.1 Å². The van der Waals surface area contributed by atoms with Crippen molar-refractivity contribution in [1.82, 2.24) is 4.90 Å². The molecule has 1 saturated heterocycles. The molecule has 0 spiro atoms. The predicted octanol–water partition coefficient (Wildman–Crippen LogP) is 6.06. The SMILES string of the molecule is Cc1cc(-c2cccc(C(=O)N3CCCC(c4cccc(OC(C)(C)C(=O)O)c4)C3)c2)ccc1F. The molecule has 0 bridgehead atoms. The van der Waals surface area contributed by atoms with Crippen LogP contribution < -0.4 is 4.74 Å². The lowest BCUT2D eigenvalue weighted by Crippen LogP contribution is -2.39. The molecule has 3 aromatic rings. The average molecular weight is 476 g/mol. The van der Waals surface area contributed by atoms with E-state index in [0.29, 0.717) is 30.0 Å². The van der Waals surface area contributed by atoms with Gasteiger partial charge in [0.05, 0.1) is 0 Å². The van der Waals surface area contributed by atoms with Gasteiger partial charge in [-0.05, 0) is 92.3 Å². The number of ether oxygens (including phenoxy) is 1. The number of carboxylic acid groups (broad SMARTS) is 1. The van der Waals surface area contributed by atoms with Gasteiger partial charge in [-0.15, -0.1) is 0 Å². The minimum Gasteiger partial charge on any atom is -0.478 e. The number of nitrogens with zero attached hydrogens (tertiary/aromatic N) is 1. The number of piperidine rings is 1. The topological polar surface area (TPSA) is 66.8 Å². The van der Waals surface area contributed by atoms with Crippen LogP contribution in [0.4, 0.5) is 4.39 Å². The summed E-state index contributed by atoms with van der Waals surface area (Å²) >= 11 is 0. The Morgan fingerprint density at radius 3 is 2.51 bits per heavy atom. The summed E-state index contributed by atoms with van der Waals surface area (Å²) in [6, 6.07) is 19.9. The molecule has 1 heterocycles. The lowest BCUT2D eigenvalue weighted by Gasteiger charge is -2.33. The van der Waals surface area contributed by atoms with Crippen molar-refractivity contribution in [2.45, 2.75) is 45.1 Å². The molecule has 1 fully saturated rings. The molecule has 5 nitrogen and oxygen atoms in total. The van der Waals surface area contributed by atoms with Gasteiger partial charge in [-0.2, -0.15) is 0 Å². The van der Waals surface area contributed by atoms with Crippen LogP contribution in [-0.4, -0.2) is 40.6 Å². The summed E-state index contributed by atoms with van der Waals surface area (Å²) in [5.74, 6) is -0.681. The van der Waals surface area contributed by atoms with Crippen LogP contribution in [0.15, 0.2) is 66.7 Å². The second kappa shape index (κ2) is 9.90. The van der Waals surface area contributed by atoms with Gasteiger partial charge in [-0.3, -0.25) is 4.79 Å². The minimum atomic E-state index is -1.33. The largest absolute Gasteiger partial charge is 0.478 e. The van der Waals surface area contributed by atoms with Crippen molar-refractivity contribution >= 4 is 11.9 Å². The summed E-state index contributed by atoms with van der Waals surface area (Å²) in [7, 11) is 0. The maximum atomic E-state index is 13.7. The third-order valence-electron chi connectivity index (χ3n) is 6.53. The first-order chi connectivity index (χ1) is 16.6. The Bertz CT molecular complexity index is 1250. The number of carboxylic acids is 1. The van der Waals surface area contributed by atoms with E-state index in [2.05, 4.69) is 0 Å². The van der Waals surface area contributed by atoms with Crippen LogP contribution in [0.3, 0.4) is 0 Å². The van der Waals surface area contributed by atoms with E-state index in [0.717, 1.165) is 29.5 Å². The Morgan fingerprint density at radius 2 is 1.77 bits per heavy atom. The molecule has 1 N–H and O–H groups in total. The highest BCUT2D eigenvalue weighted by atomic mass is 19.1. The molecule has 1 aliphatic heterocycles. The maximum absolute atomic E-state index is 13.7. The van der Waals surface area contributed by atoms with Gasteiger partial charge in [0, 0.05) is 24.6 Å². The molecule has 4 rings (SSSR count). The van der Waals surface area contributed by atoms with Crippen LogP contribution in [0.5, 0.6) is 5.75 Å². The van der Waals surface area contributed by atoms with Crippen LogP contribution in [-0.2, 0) is 4.79 Å². The zero-order chi connectivity index (χ0) is 25.2. The highest BCUT2D eigenvalue weighted by molar-refractivity contribution is 5.95. The minimum absolute atomic E-state index is 0.0326. The molecular weight excluding hydrogens is 445 g/mol. The number of aliphatic carboxylic acids is 1. The lowest BCUT2D eigenvalue weighted by atomic mass is 9.90. The first kappa shape index (κ1) is 24.5. The molecule has 1 amide bonds. The quantitative estimate of drug-likeness (QED) is 0.470. The van der Waals surface area contributed by atoms with Gasteiger partial charge in [0.25, 0.3) is 5.91 Å². The summed E-state index contributed by atoms with van der Waals surface area (Å²) < 4.78 is 19.4. The molecule has 0 aromatic heterocycles. The normalized spacial score (nSPS) is 16.1. The van der Waals surface area contributed by atoms with Crippen molar-refractivity contribution < 1.29 is 23.8 Å². The van der Waals surface area contributed by atoms with E-state index >= 15 is 0 Å². The van der Waals surface area contributed by atoms with Crippen molar-refractivity contribution in [3.63, 3.8) is 0 Å². The number of hydrogen-bond donors (Lipinski definition) is 1. The van der Waals surface area contributed by atoms with Crippen LogP contribution in [0.1, 0.15) is 54.1 Å². The first-order valence-electron chi connectivity index (χ1n) is 11.8. The summed E-state index contributed by atoms with van der Waals surface area (Å²) in [5.41, 5.74) is 2.61. The number of amides is 1. The van der Waals surface area contributed by atoms with Gasteiger partial charge in [0.15, 0.2) is 5.60 Å². The lowest BCUT2D eigenvalue weighted by molar-refractivity contribution is -0.152. The number of aryl methyl sites for hydroxylation is 1. The molecule has 182 valence electrons. The molecule has 1 atom stereocenters. The Balaban J connectivity index is 1.51. The standard InChI is InChI=1S/C29H30FNO4/c1-19-15-22(12-13-26(19)30)20-7-4-9-23(16-20)27(32)31-14-6-10-24(18-31)21-8-5-11-25(17-21)35-29(2,3)28(33)34/h4-5,7-9,11-13,15-17,24H,6,10,14,18H2,1-3H3,(H,33,34). The summed E-state index contributed by atoms with van der Waals surface area (Å²) in [6.45, 7) is 6.02. The Hall–Kier alpha value is -3.67. The molecule has 0 aliphatic carbocycles. The smallest absolute Gasteiger partial charge is 0.347 e. The summed E-state index contributed by atoms with van der Waals surface area (Å²) in [6.07, 6.45) is 1.81. The van der Waals surface area contributed by atoms with Gasteiger partial charge in [0.1, 0.15) is 11.6 Å². The van der Waals surface area contributed by atoms with Crippen LogP contribution in [0.2, 0.25) is 0 Å². The molecule has 0 radical (unpaired) electrons. The van der Waals surface area contributed by atoms with E-state index in [-0.39, 0.29) is 17.6 Å². The maximum Gasteiger partial charge on any atom is 0.347 e. The van der Waals surface area contributed by atoms with E-state index in [9.17, 15) is 19.1 Å². The third kappa shape index (κ3) is 5.53. The fourth-order valence-electron chi connectivity index (χ4n) is 4.44. The van der Waals surface area contributed by atoms with E-state index in [1.165, 1.54) is 19.9 Å². The third-order valence-corrected chi connectivity index (χ3v) is 6.53. The van der Waals surface area contributed by atoms with Crippen molar-refractivity contribution in [3.05, 3.63) is 89.2 Å². The van der Waals surface area contributed by atoms with Crippen LogP contribution >= 0.6 is 0 Å². The highest BCUT2D eigenvalue weighted by Gasteiger charge is 2.30. The monoisotopic (exact) mass is 475 g/mol. The number of hydrogen-bond acceptors (Lipinski definition) is 3. The highest BCUT2D eigenvalue weighted by Crippen LogP contribution is 2.31. The van der Waals surface area contributed by atoms with Crippen molar-refractivity contribution in [2.24, 2.45) is 0 Å². The molecule has 1 aliphatic rings. The molecule has 3 aromatic carbocycles. The van der Waals surface area contributed by atoms with Gasteiger partial charge >= 0.3 is 5.97 Å². The van der Waals surface area contributed by atoms with Crippen molar-refractivity contribution in [3.8, 4) is 16.9 Å². The number of carbonyl (C=O) groups is 2. The zero-order valence-corrected chi connectivity index (χ0v) is 20.3. The average Bonchev–Trinajstić information content (AvgIpc) is 2.85. The molecule has 0 saturated carbocycles. The summed E-state index contributed by atoms with van der Waals surface area (Å²) in [5, 5.41) is 9.36. The van der Waals surface area contributed by atoms with E-state index in [4.69, 9.17) is 4.74 Å². The Morgan fingerprint density at radius 1 is 1.03 bits per heavy atom. The van der Waals surface area contributed by atoms with Gasteiger partial charge < -0.3 is 14.7 Å². The van der Waals surface area contributed by atoms with Gasteiger partial charge in [-0.1, -0.05) is 30.3 Å². The fraction of sp³-hybridized carbons (Fsp3) is 0.310.